The van der Waals surface area contributed by atoms with Crippen LogP contribution in [0.3, 0.4) is 0 Å². The summed E-state index contributed by atoms with van der Waals surface area (Å²) in [6.07, 6.45) is 0.495. The first-order valence-corrected chi connectivity index (χ1v) is 5.02. The molecule has 0 heterocycles. The smallest absolute Gasteiger partial charge is 0.320 e. The van der Waals surface area contributed by atoms with Crippen molar-refractivity contribution in [3.63, 3.8) is 0 Å². The molecule has 0 saturated heterocycles. The first kappa shape index (κ1) is 14.9. The molecule has 1 rings (SSSR count). The number of aliphatic carboxylic acids is 1. The van der Waals surface area contributed by atoms with Crippen LogP contribution >= 0.6 is 0 Å². The molecular weight excluding hydrogens is 222 g/mol. The number of nitrogen functional groups attached to an aromatic ring is 1. The highest BCUT2D eigenvalue weighted by Crippen LogP contribution is 2.03. The van der Waals surface area contributed by atoms with E-state index in [0.717, 1.165) is 0 Å². The van der Waals surface area contributed by atoms with E-state index >= 15 is 0 Å². The summed E-state index contributed by atoms with van der Waals surface area (Å²) in [7, 11) is 0. The monoisotopic (exact) mass is 239 g/mol. The van der Waals surface area contributed by atoms with Crippen LogP contribution in [0.5, 0.6) is 0 Å². The zero-order valence-corrected chi connectivity index (χ0v) is 9.59. The molecule has 0 aliphatic rings. The second kappa shape index (κ2) is 7.24. The van der Waals surface area contributed by atoms with Crippen LogP contribution in [-0.4, -0.2) is 23.0 Å². The van der Waals surface area contributed by atoms with Gasteiger partial charge in [0.05, 0.1) is 0 Å². The number of hydrogen-bond donors (Lipinski definition) is 4. The normalized spacial score (nSPS) is 10.9. The lowest BCUT2D eigenvalue weighted by molar-refractivity contribution is -0.138. The standard InChI is InChI=1S/C7H8N2O.C4H9NO2/c8-6-3-1-5(2-4-6)7(9)10;1-2-3(5)4(6)7/h1-4H,8H2,(H2,9,10);3H,2,5H2,1H3,(H,6,7)/t;3-/m.0/s1. The van der Waals surface area contributed by atoms with Crippen LogP contribution in [0, 0.1) is 0 Å². The molecule has 1 atom stereocenters. The van der Waals surface area contributed by atoms with Crippen molar-refractivity contribution in [2.75, 3.05) is 5.73 Å². The van der Waals surface area contributed by atoms with Crippen molar-refractivity contribution in [1.29, 1.82) is 0 Å². The van der Waals surface area contributed by atoms with Gasteiger partial charge in [0.2, 0.25) is 5.91 Å². The number of carbonyl (C=O) groups is 2. The summed E-state index contributed by atoms with van der Waals surface area (Å²) in [5.41, 5.74) is 16.5. The van der Waals surface area contributed by atoms with E-state index in [1.54, 1.807) is 31.2 Å². The first-order valence-electron chi connectivity index (χ1n) is 5.02. The van der Waals surface area contributed by atoms with E-state index in [1.807, 2.05) is 0 Å². The van der Waals surface area contributed by atoms with E-state index in [2.05, 4.69) is 0 Å². The number of nitrogens with two attached hydrogens (primary N) is 3. The number of amides is 1. The zero-order valence-electron chi connectivity index (χ0n) is 9.59. The van der Waals surface area contributed by atoms with Crippen LogP contribution in [-0.2, 0) is 4.79 Å². The number of carboxylic acids is 1. The third kappa shape index (κ3) is 6.16. The van der Waals surface area contributed by atoms with Gasteiger partial charge >= 0.3 is 5.97 Å². The summed E-state index contributed by atoms with van der Waals surface area (Å²) < 4.78 is 0. The van der Waals surface area contributed by atoms with Crippen molar-refractivity contribution in [1.82, 2.24) is 0 Å². The van der Waals surface area contributed by atoms with Gasteiger partial charge in [-0.2, -0.15) is 0 Å². The summed E-state index contributed by atoms with van der Waals surface area (Å²) in [5.74, 6) is -1.36. The van der Waals surface area contributed by atoms with Crippen LogP contribution in [0.25, 0.3) is 0 Å². The van der Waals surface area contributed by atoms with Crippen LogP contribution in [0.2, 0.25) is 0 Å². The minimum absolute atomic E-state index is 0.431. The molecular formula is C11H17N3O3. The third-order valence-corrected chi connectivity index (χ3v) is 1.95. The van der Waals surface area contributed by atoms with Gasteiger partial charge in [0.25, 0.3) is 0 Å². The Balaban J connectivity index is 0.000000325. The highest BCUT2D eigenvalue weighted by Gasteiger charge is 2.05. The fraction of sp³-hybridized carbons (Fsp3) is 0.273. The van der Waals surface area contributed by atoms with Gasteiger partial charge in [0, 0.05) is 11.3 Å². The Labute approximate surface area is 99.4 Å². The highest BCUT2D eigenvalue weighted by atomic mass is 16.4. The summed E-state index contributed by atoms with van der Waals surface area (Å²) in [6.45, 7) is 1.73. The molecule has 0 fully saturated rings. The molecule has 94 valence electrons. The molecule has 0 saturated carbocycles. The Hall–Kier alpha value is -2.08. The predicted octanol–water partition coefficient (Wildman–Crippen LogP) is 0.176. The van der Waals surface area contributed by atoms with Gasteiger partial charge in [0.15, 0.2) is 0 Å². The van der Waals surface area contributed by atoms with E-state index in [9.17, 15) is 9.59 Å². The predicted molar refractivity (Wildman–Crippen MR) is 65.3 cm³/mol. The Kier molecular flexibility index (Phi) is 6.35. The van der Waals surface area contributed by atoms with Crippen LogP contribution in [0.1, 0.15) is 23.7 Å². The summed E-state index contributed by atoms with van der Waals surface area (Å²) >= 11 is 0. The number of benzene rings is 1. The average Bonchev–Trinajstić information content (AvgIpc) is 2.29. The van der Waals surface area contributed by atoms with Gasteiger partial charge in [-0.1, -0.05) is 6.92 Å². The topological polar surface area (TPSA) is 132 Å². The van der Waals surface area contributed by atoms with Crippen LogP contribution in [0.15, 0.2) is 24.3 Å². The van der Waals surface area contributed by atoms with Crippen molar-refractivity contribution in [2.24, 2.45) is 11.5 Å². The molecule has 0 aliphatic carbocycles. The van der Waals surface area contributed by atoms with Crippen molar-refractivity contribution in [3.05, 3.63) is 29.8 Å². The first-order chi connectivity index (χ1) is 7.88. The lowest BCUT2D eigenvalue weighted by Gasteiger charge is -1.97. The van der Waals surface area contributed by atoms with Gasteiger partial charge in [-0.05, 0) is 30.7 Å². The molecule has 6 heteroatoms. The van der Waals surface area contributed by atoms with Gasteiger partial charge in [0.1, 0.15) is 6.04 Å². The second-order valence-corrected chi connectivity index (χ2v) is 3.34. The maximum absolute atomic E-state index is 10.5. The number of carbonyl (C=O) groups excluding carboxylic acids is 1. The summed E-state index contributed by atoms with van der Waals surface area (Å²) in [4.78, 5) is 20.3. The lowest BCUT2D eigenvalue weighted by Crippen LogP contribution is -2.28. The molecule has 6 nitrogen and oxygen atoms in total. The van der Waals surface area contributed by atoms with E-state index in [1.165, 1.54) is 0 Å². The van der Waals surface area contributed by atoms with Crippen molar-refractivity contribution in [3.8, 4) is 0 Å². The molecule has 0 unspecified atom stereocenters. The fourth-order valence-electron chi connectivity index (χ4n) is 0.822. The third-order valence-electron chi connectivity index (χ3n) is 1.95. The van der Waals surface area contributed by atoms with Gasteiger partial charge in [-0.25, -0.2) is 0 Å². The van der Waals surface area contributed by atoms with Gasteiger partial charge in [-0.15, -0.1) is 0 Å². The zero-order chi connectivity index (χ0) is 13.4. The summed E-state index contributed by atoms with van der Waals surface area (Å²) in [5, 5.41) is 8.06. The molecule has 17 heavy (non-hydrogen) atoms. The fourth-order valence-corrected chi connectivity index (χ4v) is 0.822. The average molecular weight is 239 g/mol. The molecule has 0 spiro atoms. The number of primary amides is 1. The van der Waals surface area contributed by atoms with E-state index in [0.29, 0.717) is 17.7 Å². The number of anilines is 1. The molecule has 0 aromatic heterocycles. The number of hydrogen-bond acceptors (Lipinski definition) is 4. The SMILES string of the molecule is CC[C@H](N)C(=O)O.NC(=O)c1ccc(N)cc1. The van der Waals surface area contributed by atoms with E-state index in [4.69, 9.17) is 22.3 Å². The molecule has 0 aliphatic heterocycles. The lowest BCUT2D eigenvalue weighted by atomic mass is 10.2. The Bertz CT molecular complexity index is 376. The van der Waals surface area contributed by atoms with Crippen molar-refractivity contribution < 1.29 is 14.7 Å². The minimum Gasteiger partial charge on any atom is -0.480 e. The van der Waals surface area contributed by atoms with Gasteiger partial charge < -0.3 is 22.3 Å². The van der Waals surface area contributed by atoms with Crippen LogP contribution in [0.4, 0.5) is 5.69 Å². The summed E-state index contributed by atoms with van der Waals surface area (Å²) in [6, 6.07) is 5.79. The molecule has 1 aromatic carbocycles. The molecule has 0 bridgehead atoms. The van der Waals surface area contributed by atoms with E-state index < -0.39 is 17.9 Å². The molecule has 1 aromatic rings. The quantitative estimate of drug-likeness (QED) is 0.558. The minimum atomic E-state index is -0.928. The molecule has 0 radical (unpaired) electrons. The number of rotatable bonds is 3. The number of carboxylic acid groups (broad SMARTS) is 1. The Morgan fingerprint density at radius 2 is 1.76 bits per heavy atom. The van der Waals surface area contributed by atoms with E-state index in [-0.39, 0.29) is 0 Å². The van der Waals surface area contributed by atoms with Crippen LogP contribution < -0.4 is 17.2 Å². The molecule has 1 amide bonds. The van der Waals surface area contributed by atoms with Crippen molar-refractivity contribution in [2.45, 2.75) is 19.4 Å². The Morgan fingerprint density at radius 1 is 1.29 bits per heavy atom. The molecule has 7 N–H and O–H groups in total. The maximum atomic E-state index is 10.5. The largest absolute Gasteiger partial charge is 0.480 e. The maximum Gasteiger partial charge on any atom is 0.320 e. The highest BCUT2D eigenvalue weighted by molar-refractivity contribution is 5.92. The van der Waals surface area contributed by atoms with Gasteiger partial charge in [-0.3, -0.25) is 9.59 Å². The van der Waals surface area contributed by atoms with Crippen molar-refractivity contribution >= 4 is 17.6 Å². The second-order valence-electron chi connectivity index (χ2n) is 3.34. The Morgan fingerprint density at radius 3 is 2.00 bits per heavy atom.